The number of halogens is 1. The summed E-state index contributed by atoms with van der Waals surface area (Å²) in [5.41, 5.74) is 1.09. The molecule has 3 rings (SSSR count). The van der Waals surface area contributed by atoms with Crippen LogP contribution in [-0.2, 0) is 5.75 Å². The Morgan fingerprint density at radius 1 is 1.36 bits per heavy atom. The van der Waals surface area contributed by atoms with Gasteiger partial charge in [0.15, 0.2) is 10.0 Å². The molecule has 0 atom stereocenters. The number of aromatic nitrogens is 1. The molecule has 112 valence electrons. The first-order valence-electron chi connectivity index (χ1n) is 6.28. The van der Waals surface area contributed by atoms with E-state index in [1.807, 2.05) is 36.4 Å². The zero-order valence-electron chi connectivity index (χ0n) is 11.2. The molecule has 22 heavy (non-hydrogen) atoms. The van der Waals surface area contributed by atoms with Crippen LogP contribution >= 0.6 is 39.0 Å². The number of furan rings is 1. The van der Waals surface area contributed by atoms with Crippen molar-refractivity contribution >= 4 is 45.0 Å². The quantitative estimate of drug-likeness (QED) is 0.604. The Bertz CT molecular complexity index is 812. The zero-order valence-corrected chi connectivity index (χ0v) is 14.4. The number of carboxylic acids is 1. The maximum Gasteiger partial charge on any atom is 0.355 e. The Kier molecular flexibility index (Phi) is 4.66. The standard InChI is InChI=1S/C15H10BrNO3S2/c16-10-3-1-2-9(6-10)13-5-4-11(20-13)7-21-15-17-12(8-22-15)14(18)19/h1-6,8H,7H2,(H,18,19). The minimum Gasteiger partial charge on any atom is -0.476 e. The van der Waals surface area contributed by atoms with Crippen molar-refractivity contribution in [3.8, 4) is 11.3 Å². The van der Waals surface area contributed by atoms with Gasteiger partial charge in [0.05, 0.1) is 5.75 Å². The van der Waals surface area contributed by atoms with Crippen LogP contribution in [-0.4, -0.2) is 16.1 Å². The largest absolute Gasteiger partial charge is 0.476 e. The summed E-state index contributed by atoms with van der Waals surface area (Å²) in [6.07, 6.45) is 0. The molecule has 0 radical (unpaired) electrons. The lowest BCUT2D eigenvalue weighted by Gasteiger charge is -1.98. The van der Waals surface area contributed by atoms with Crippen molar-refractivity contribution in [3.63, 3.8) is 0 Å². The van der Waals surface area contributed by atoms with Crippen molar-refractivity contribution in [2.75, 3.05) is 0 Å². The molecule has 0 saturated carbocycles. The van der Waals surface area contributed by atoms with Crippen LogP contribution in [0.2, 0.25) is 0 Å². The third-order valence-corrected chi connectivity index (χ3v) is 5.35. The third kappa shape index (κ3) is 3.60. The fourth-order valence-electron chi connectivity index (χ4n) is 1.81. The molecule has 0 fully saturated rings. The molecule has 0 saturated heterocycles. The third-order valence-electron chi connectivity index (χ3n) is 2.81. The van der Waals surface area contributed by atoms with Crippen molar-refractivity contribution in [1.82, 2.24) is 4.98 Å². The van der Waals surface area contributed by atoms with Gasteiger partial charge >= 0.3 is 5.97 Å². The molecule has 2 aromatic heterocycles. The first-order chi connectivity index (χ1) is 10.6. The molecule has 3 aromatic rings. The number of thioether (sulfide) groups is 1. The van der Waals surface area contributed by atoms with Gasteiger partial charge in [-0.3, -0.25) is 0 Å². The second kappa shape index (κ2) is 6.68. The molecule has 2 heterocycles. The van der Waals surface area contributed by atoms with E-state index in [4.69, 9.17) is 9.52 Å². The SMILES string of the molecule is O=C(O)c1csc(SCc2ccc(-c3cccc(Br)c3)o2)n1. The van der Waals surface area contributed by atoms with Crippen LogP contribution < -0.4 is 0 Å². The van der Waals surface area contributed by atoms with Crippen LogP contribution in [0.25, 0.3) is 11.3 Å². The summed E-state index contributed by atoms with van der Waals surface area (Å²) in [6, 6.07) is 11.8. The van der Waals surface area contributed by atoms with Gasteiger partial charge in [-0.2, -0.15) is 0 Å². The lowest BCUT2D eigenvalue weighted by atomic mass is 10.2. The highest BCUT2D eigenvalue weighted by Crippen LogP contribution is 2.30. The summed E-state index contributed by atoms with van der Waals surface area (Å²) in [6.45, 7) is 0. The molecule has 0 aliphatic rings. The summed E-state index contributed by atoms with van der Waals surface area (Å²) in [4.78, 5) is 14.8. The van der Waals surface area contributed by atoms with Crippen LogP contribution in [0.15, 0.2) is 55.0 Å². The summed E-state index contributed by atoms with van der Waals surface area (Å²) >= 11 is 6.23. The van der Waals surface area contributed by atoms with E-state index in [0.29, 0.717) is 5.75 Å². The van der Waals surface area contributed by atoms with Gasteiger partial charge in [0.1, 0.15) is 11.5 Å². The van der Waals surface area contributed by atoms with Crippen LogP contribution in [0.3, 0.4) is 0 Å². The van der Waals surface area contributed by atoms with E-state index in [1.165, 1.54) is 23.1 Å². The summed E-state index contributed by atoms with van der Waals surface area (Å²) in [5, 5.41) is 10.4. The van der Waals surface area contributed by atoms with Gasteiger partial charge in [0.25, 0.3) is 0 Å². The van der Waals surface area contributed by atoms with Crippen molar-refractivity contribution < 1.29 is 14.3 Å². The van der Waals surface area contributed by atoms with E-state index in [0.717, 1.165) is 25.9 Å². The van der Waals surface area contributed by atoms with E-state index in [1.54, 1.807) is 5.38 Å². The Hall–Kier alpha value is -1.57. The average Bonchev–Trinajstić information content (AvgIpc) is 3.14. The first kappa shape index (κ1) is 15.3. The second-order valence-electron chi connectivity index (χ2n) is 4.37. The summed E-state index contributed by atoms with van der Waals surface area (Å²) in [7, 11) is 0. The maximum atomic E-state index is 10.8. The average molecular weight is 396 g/mol. The van der Waals surface area contributed by atoms with E-state index in [2.05, 4.69) is 20.9 Å². The van der Waals surface area contributed by atoms with Crippen molar-refractivity contribution in [2.45, 2.75) is 10.1 Å². The minimum absolute atomic E-state index is 0.0850. The van der Waals surface area contributed by atoms with Crippen molar-refractivity contribution in [3.05, 3.63) is 57.7 Å². The number of hydrogen-bond donors (Lipinski definition) is 1. The number of hydrogen-bond acceptors (Lipinski definition) is 5. The molecule has 4 nitrogen and oxygen atoms in total. The molecule has 0 spiro atoms. The number of benzene rings is 1. The molecule has 0 aliphatic heterocycles. The predicted molar refractivity (Wildman–Crippen MR) is 90.5 cm³/mol. The highest BCUT2D eigenvalue weighted by atomic mass is 79.9. The number of aromatic carboxylic acids is 1. The Morgan fingerprint density at radius 3 is 2.95 bits per heavy atom. The maximum absolute atomic E-state index is 10.8. The Balaban J connectivity index is 1.68. The van der Waals surface area contributed by atoms with Gasteiger partial charge in [-0.05, 0) is 24.3 Å². The lowest BCUT2D eigenvalue weighted by Crippen LogP contribution is -1.95. The van der Waals surface area contributed by atoms with Gasteiger partial charge in [-0.15, -0.1) is 11.3 Å². The number of thiazole rings is 1. The van der Waals surface area contributed by atoms with Crippen molar-refractivity contribution in [2.24, 2.45) is 0 Å². The highest BCUT2D eigenvalue weighted by molar-refractivity contribution is 9.10. The molecule has 0 bridgehead atoms. The van der Waals surface area contributed by atoms with E-state index >= 15 is 0 Å². The van der Waals surface area contributed by atoms with Gasteiger partial charge in [0, 0.05) is 15.4 Å². The minimum atomic E-state index is -1.00. The topological polar surface area (TPSA) is 63.3 Å². The van der Waals surface area contributed by atoms with Gasteiger partial charge in [-0.25, -0.2) is 9.78 Å². The number of rotatable bonds is 5. The summed E-state index contributed by atoms with van der Waals surface area (Å²) < 4.78 is 7.54. The fourth-order valence-corrected chi connectivity index (χ4v) is 3.90. The Labute approximate surface area is 143 Å². The lowest BCUT2D eigenvalue weighted by molar-refractivity contribution is 0.0691. The number of carboxylic acid groups (broad SMARTS) is 1. The molecule has 0 unspecified atom stereocenters. The van der Waals surface area contributed by atoms with E-state index in [9.17, 15) is 4.79 Å². The monoisotopic (exact) mass is 395 g/mol. The van der Waals surface area contributed by atoms with E-state index in [-0.39, 0.29) is 5.69 Å². The van der Waals surface area contributed by atoms with Gasteiger partial charge in [-0.1, -0.05) is 39.8 Å². The van der Waals surface area contributed by atoms with Gasteiger partial charge in [0.2, 0.25) is 0 Å². The Morgan fingerprint density at radius 2 is 2.23 bits per heavy atom. The smallest absolute Gasteiger partial charge is 0.355 e. The molecular weight excluding hydrogens is 386 g/mol. The molecule has 7 heteroatoms. The fraction of sp³-hybridized carbons (Fsp3) is 0.0667. The highest BCUT2D eigenvalue weighted by Gasteiger charge is 2.10. The molecule has 1 N–H and O–H groups in total. The predicted octanol–water partition coefficient (Wildman–Crippen LogP) is 5.16. The van der Waals surface area contributed by atoms with Crippen LogP contribution in [0.1, 0.15) is 16.2 Å². The normalized spacial score (nSPS) is 10.8. The first-order valence-corrected chi connectivity index (χ1v) is 8.94. The van der Waals surface area contributed by atoms with Gasteiger partial charge < -0.3 is 9.52 Å². The van der Waals surface area contributed by atoms with Crippen LogP contribution in [0, 0.1) is 0 Å². The van der Waals surface area contributed by atoms with Crippen LogP contribution in [0.4, 0.5) is 0 Å². The second-order valence-corrected chi connectivity index (χ2v) is 7.37. The van der Waals surface area contributed by atoms with Crippen molar-refractivity contribution in [1.29, 1.82) is 0 Å². The molecule has 0 amide bonds. The number of carbonyl (C=O) groups is 1. The molecule has 1 aromatic carbocycles. The van der Waals surface area contributed by atoms with E-state index < -0.39 is 5.97 Å². The summed E-state index contributed by atoms with van der Waals surface area (Å²) in [5.74, 6) is 1.24. The number of nitrogens with zero attached hydrogens (tertiary/aromatic N) is 1. The zero-order chi connectivity index (χ0) is 15.5. The molecular formula is C15H10BrNO3S2. The molecule has 0 aliphatic carbocycles. The van der Waals surface area contributed by atoms with Crippen LogP contribution in [0.5, 0.6) is 0 Å².